The maximum atomic E-state index is 12.9. The number of nitrogens with zero attached hydrogens (tertiary/aromatic N) is 2. The summed E-state index contributed by atoms with van der Waals surface area (Å²) in [6.45, 7) is 0.639. The molecule has 0 bridgehead atoms. The standard InChI is InChI=1S/C37H34N4O4S/c1-46(43,44)45-33-21-20-28-12-11-19-35(34(28)24-33)40-36(42)25-38-23-22-32-26-41(27-39-32)37(29-13-5-2-6-14-29,30-15-7-3-8-16-30)31-17-9-4-10-18-31/h2-21,24,26-27,38H,22-23,25H2,1H3,(H,40,42). The van der Waals surface area contributed by atoms with E-state index < -0.39 is 15.7 Å². The van der Waals surface area contributed by atoms with Crippen molar-refractivity contribution in [1.82, 2.24) is 14.9 Å². The predicted octanol–water partition coefficient (Wildman–Crippen LogP) is 5.99. The number of rotatable bonds is 12. The Bertz CT molecular complexity index is 1950. The molecular formula is C37H34N4O4S. The van der Waals surface area contributed by atoms with Crippen molar-refractivity contribution in [2.75, 3.05) is 24.7 Å². The van der Waals surface area contributed by atoms with Crippen LogP contribution in [0.5, 0.6) is 5.75 Å². The SMILES string of the molecule is CS(=O)(=O)Oc1ccc2cccc(NC(=O)CNCCc3cn(C(c4ccccc4)(c4ccccc4)c4ccccc4)cn3)c2c1. The molecule has 232 valence electrons. The van der Waals surface area contributed by atoms with Crippen LogP contribution in [0.4, 0.5) is 5.69 Å². The van der Waals surface area contributed by atoms with Gasteiger partial charge < -0.3 is 19.4 Å². The number of carbonyl (C=O) groups is 1. The molecule has 0 aliphatic heterocycles. The van der Waals surface area contributed by atoms with E-state index in [2.05, 4.69) is 94.2 Å². The molecule has 1 aromatic heterocycles. The molecule has 0 aliphatic rings. The summed E-state index contributed by atoms with van der Waals surface area (Å²) in [5.74, 6) is -0.0335. The van der Waals surface area contributed by atoms with Crippen LogP contribution in [0.25, 0.3) is 10.8 Å². The minimum atomic E-state index is -3.67. The number of aromatic nitrogens is 2. The molecule has 0 saturated heterocycles. The minimum Gasteiger partial charge on any atom is -0.383 e. The highest BCUT2D eigenvalue weighted by molar-refractivity contribution is 7.86. The number of benzene rings is 5. The number of hydrogen-bond acceptors (Lipinski definition) is 6. The summed E-state index contributed by atoms with van der Waals surface area (Å²) in [6.07, 6.45) is 5.58. The first-order valence-corrected chi connectivity index (χ1v) is 16.8. The van der Waals surface area contributed by atoms with E-state index in [0.717, 1.165) is 34.0 Å². The Morgan fingerprint density at radius 2 is 1.41 bits per heavy atom. The van der Waals surface area contributed by atoms with Crippen LogP contribution < -0.4 is 14.8 Å². The molecule has 0 radical (unpaired) electrons. The van der Waals surface area contributed by atoms with E-state index in [9.17, 15) is 13.2 Å². The number of carbonyl (C=O) groups excluding carboxylic acids is 1. The summed E-state index contributed by atoms with van der Waals surface area (Å²) in [5, 5.41) is 7.68. The molecule has 2 N–H and O–H groups in total. The number of amides is 1. The number of nitrogens with one attached hydrogen (secondary N) is 2. The van der Waals surface area contributed by atoms with Crippen LogP contribution in [0.1, 0.15) is 22.4 Å². The summed E-state index contributed by atoms with van der Waals surface area (Å²) in [6, 6.07) is 41.8. The van der Waals surface area contributed by atoms with Crippen molar-refractivity contribution in [3.8, 4) is 5.75 Å². The first-order valence-electron chi connectivity index (χ1n) is 15.0. The Balaban J connectivity index is 1.17. The highest BCUT2D eigenvalue weighted by Crippen LogP contribution is 2.40. The third kappa shape index (κ3) is 6.71. The van der Waals surface area contributed by atoms with Gasteiger partial charge in [-0.15, -0.1) is 0 Å². The first-order chi connectivity index (χ1) is 22.3. The topological polar surface area (TPSA) is 102 Å². The molecule has 0 unspecified atom stereocenters. The van der Waals surface area contributed by atoms with Crippen LogP contribution in [0.3, 0.4) is 0 Å². The quantitative estimate of drug-likeness (QED) is 0.0980. The van der Waals surface area contributed by atoms with Crippen LogP contribution in [0, 0.1) is 0 Å². The van der Waals surface area contributed by atoms with Crippen molar-refractivity contribution < 1.29 is 17.4 Å². The van der Waals surface area contributed by atoms with Crippen molar-refractivity contribution in [1.29, 1.82) is 0 Å². The molecule has 6 rings (SSSR count). The molecular weight excluding hydrogens is 596 g/mol. The van der Waals surface area contributed by atoms with Crippen LogP contribution >= 0.6 is 0 Å². The van der Waals surface area contributed by atoms with Gasteiger partial charge in [-0.05, 0) is 40.3 Å². The predicted molar refractivity (Wildman–Crippen MR) is 181 cm³/mol. The largest absolute Gasteiger partial charge is 0.383 e. The molecule has 0 aliphatic carbocycles. The zero-order valence-corrected chi connectivity index (χ0v) is 26.2. The van der Waals surface area contributed by atoms with Crippen LogP contribution in [-0.2, 0) is 26.9 Å². The maximum absolute atomic E-state index is 12.9. The lowest BCUT2D eigenvalue weighted by Gasteiger charge is -2.37. The lowest BCUT2D eigenvalue weighted by molar-refractivity contribution is -0.115. The Morgan fingerprint density at radius 3 is 2.00 bits per heavy atom. The number of fused-ring (bicyclic) bond motifs is 1. The average molecular weight is 631 g/mol. The molecule has 0 atom stereocenters. The second-order valence-corrected chi connectivity index (χ2v) is 12.6. The molecule has 8 nitrogen and oxygen atoms in total. The fraction of sp³-hybridized carbons (Fsp3) is 0.135. The van der Waals surface area contributed by atoms with E-state index in [0.29, 0.717) is 24.0 Å². The average Bonchev–Trinajstić information content (AvgIpc) is 3.54. The molecule has 1 amide bonds. The van der Waals surface area contributed by atoms with E-state index in [1.54, 1.807) is 24.3 Å². The van der Waals surface area contributed by atoms with E-state index in [1.807, 2.05) is 36.7 Å². The zero-order valence-electron chi connectivity index (χ0n) is 25.3. The molecule has 9 heteroatoms. The van der Waals surface area contributed by atoms with Crippen molar-refractivity contribution in [2.45, 2.75) is 12.0 Å². The van der Waals surface area contributed by atoms with Crippen molar-refractivity contribution in [3.63, 3.8) is 0 Å². The normalized spacial score (nSPS) is 11.8. The molecule has 6 aromatic rings. The summed E-state index contributed by atoms with van der Waals surface area (Å²) in [7, 11) is -3.67. The fourth-order valence-electron chi connectivity index (χ4n) is 5.86. The van der Waals surface area contributed by atoms with E-state index in [-0.39, 0.29) is 18.2 Å². The smallest absolute Gasteiger partial charge is 0.306 e. The van der Waals surface area contributed by atoms with Crippen LogP contribution in [0.15, 0.2) is 140 Å². The Morgan fingerprint density at radius 1 is 0.804 bits per heavy atom. The highest BCUT2D eigenvalue weighted by Gasteiger charge is 2.38. The van der Waals surface area contributed by atoms with Gasteiger partial charge in [-0.1, -0.05) is 109 Å². The third-order valence-corrected chi connectivity index (χ3v) is 8.31. The van der Waals surface area contributed by atoms with Gasteiger partial charge in [-0.3, -0.25) is 4.79 Å². The summed E-state index contributed by atoms with van der Waals surface area (Å²) in [4.78, 5) is 17.6. The van der Waals surface area contributed by atoms with E-state index >= 15 is 0 Å². The number of imidazole rings is 1. The minimum absolute atomic E-state index is 0.0958. The van der Waals surface area contributed by atoms with Gasteiger partial charge in [-0.2, -0.15) is 8.42 Å². The van der Waals surface area contributed by atoms with Crippen LogP contribution in [-0.4, -0.2) is 43.2 Å². The van der Waals surface area contributed by atoms with Gasteiger partial charge in [0.1, 0.15) is 11.3 Å². The number of hydrogen-bond donors (Lipinski definition) is 2. The van der Waals surface area contributed by atoms with Crippen LogP contribution in [0.2, 0.25) is 0 Å². The second kappa shape index (κ2) is 13.4. The molecule has 5 aromatic carbocycles. The molecule has 0 fully saturated rings. The third-order valence-electron chi connectivity index (χ3n) is 7.82. The Hall–Kier alpha value is -5.25. The summed E-state index contributed by atoms with van der Waals surface area (Å²) < 4.78 is 30.4. The van der Waals surface area contributed by atoms with E-state index in [4.69, 9.17) is 9.17 Å². The highest BCUT2D eigenvalue weighted by atomic mass is 32.2. The lowest BCUT2D eigenvalue weighted by Crippen LogP contribution is -2.37. The summed E-state index contributed by atoms with van der Waals surface area (Å²) in [5.41, 5.74) is 4.19. The van der Waals surface area contributed by atoms with Crippen molar-refractivity contribution in [3.05, 3.63) is 162 Å². The number of anilines is 1. The Labute approximate surface area is 268 Å². The molecule has 0 saturated carbocycles. The Kier molecular flexibility index (Phi) is 8.96. The van der Waals surface area contributed by atoms with Gasteiger partial charge in [-0.25, -0.2) is 4.98 Å². The second-order valence-electron chi connectivity index (χ2n) is 11.0. The van der Waals surface area contributed by atoms with E-state index in [1.165, 1.54) is 0 Å². The molecule has 0 spiro atoms. The first kappa shape index (κ1) is 30.8. The van der Waals surface area contributed by atoms with Gasteiger partial charge in [0.25, 0.3) is 0 Å². The van der Waals surface area contributed by atoms with Gasteiger partial charge in [0, 0.05) is 30.2 Å². The maximum Gasteiger partial charge on any atom is 0.306 e. The van der Waals surface area contributed by atoms with Crippen molar-refractivity contribution in [2.24, 2.45) is 0 Å². The van der Waals surface area contributed by atoms with Gasteiger partial charge >= 0.3 is 10.1 Å². The molecule has 46 heavy (non-hydrogen) atoms. The fourth-order valence-corrected chi connectivity index (χ4v) is 6.31. The lowest BCUT2D eigenvalue weighted by atomic mass is 9.77. The van der Waals surface area contributed by atoms with Crippen molar-refractivity contribution >= 4 is 32.5 Å². The molecule has 1 heterocycles. The summed E-state index contributed by atoms with van der Waals surface area (Å²) >= 11 is 0. The van der Waals surface area contributed by atoms with Gasteiger partial charge in [0.05, 0.1) is 24.8 Å². The monoisotopic (exact) mass is 630 g/mol. The van der Waals surface area contributed by atoms with Gasteiger partial charge in [0.2, 0.25) is 5.91 Å². The zero-order chi connectivity index (χ0) is 32.0. The van der Waals surface area contributed by atoms with Gasteiger partial charge in [0.15, 0.2) is 0 Å².